The van der Waals surface area contributed by atoms with Crippen molar-refractivity contribution in [3.8, 4) is 11.5 Å². The number of rotatable bonds is 6. The molecule has 4 rings (SSSR count). The number of benzene rings is 1. The summed E-state index contributed by atoms with van der Waals surface area (Å²) in [5.74, 6) is 2.23. The highest BCUT2D eigenvalue weighted by Crippen LogP contribution is 2.25. The van der Waals surface area contributed by atoms with Gasteiger partial charge in [-0.25, -0.2) is 0 Å². The van der Waals surface area contributed by atoms with E-state index in [4.69, 9.17) is 13.9 Å². The quantitative estimate of drug-likeness (QED) is 0.813. The lowest BCUT2D eigenvalue weighted by atomic mass is 9.96. The lowest BCUT2D eigenvalue weighted by molar-refractivity contribution is -0.955. The molecule has 2 aliphatic rings. The van der Waals surface area contributed by atoms with Crippen molar-refractivity contribution in [2.24, 2.45) is 0 Å². The highest BCUT2D eigenvalue weighted by molar-refractivity contribution is 5.95. The van der Waals surface area contributed by atoms with Crippen molar-refractivity contribution < 1.29 is 23.6 Å². The zero-order valence-electron chi connectivity index (χ0n) is 15.9. The molecule has 3 heterocycles. The molecule has 2 bridgehead atoms. The molecule has 6 nitrogen and oxygen atoms in total. The number of carbonyl (C=O) groups excluding carboxylic acids is 1. The second-order valence-corrected chi connectivity index (χ2v) is 7.55. The molecule has 1 aromatic heterocycles. The number of ether oxygens (including phenoxy) is 2. The highest BCUT2D eigenvalue weighted by Gasteiger charge is 2.45. The molecule has 2 N–H and O–H groups in total. The number of fused-ring (bicyclic) bond motifs is 2. The highest BCUT2D eigenvalue weighted by atomic mass is 16.5. The summed E-state index contributed by atoms with van der Waals surface area (Å²) in [6.07, 6.45) is 6.21. The molecule has 0 spiro atoms. The van der Waals surface area contributed by atoms with Crippen LogP contribution in [0.2, 0.25) is 0 Å². The summed E-state index contributed by atoms with van der Waals surface area (Å²) < 4.78 is 16.1. The van der Waals surface area contributed by atoms with E-state index in [2.05, 4.69) is 11.4 Å². The summed E-state index contributed by atoms with van der Waals surface area (Å²) in [7, 11) is 3.18. The molecule has 0 saturated carbocycles. The number of nitrogens with one attached hydrogen (secondary N) is 2. The molecule has 2 unspecified atom stereocenters. The van der Waals surface area contributed by atoms with Crippen LogP contribution in [0.4, 0.5) is 0 Å². The van der Waals surface area contributed by atoms with Crippen LogP contribution in [0.3, 0.4) is 0 Å². The Morgan fingerprint density at radius 3 is 2.37 bits per heavy atom. The van der Waals surface area contributed by atoms with Crippen LogP contribution in [0.15, 0.2) is 41.0 Å². The molecule has 2 aromatic rings. The van der Waals surface area contributed by atoms with Crippen molar-refractivity contribution in [3.63, 3.8) is 0 Å². The molecule has 4 atom stereocenters. The largest absolute Gasteiger partial charge is 0.497 e. The Balaban J connectivity index is 1.41. The Kier molecular flexibility index (Phi) is 5.07. The summed E-state index contributed by atoms with van der Waals surface area (Å²) >= 11 is 0. The van der Waals surface area contributed by atoms with Crippen molar-refractivity contribution in [2.45, 2.75) is 50.4 Å². The Bertz CT molecular complexity index is 753. The molecule has 2 fully saturated rings. The number of quaternary nitrogens is 1. The summed E-state index contributed by atoms with van der Waals surface area (Å²) in [6, 6.07) is 10.7. The molecule has 0 radical (unpaired) electrons. The average Bonchev–Trinajstić information content (AvgIpc) is 3.27. The van der Waals surface area contributed by atoms with E-state index in [0.29, 0.717) is 29.1 Å². The molecular formula is C21H27N2O4+. The molecule has 144 valence electrons. The fourth-order valence-electron chi connectivity index (χ4n) is 4.66. The van der Waals surface area contributed by atoms with Crippen molar-refractivity contribution in [1.82, 2.24) is 5.32 Å². The maximum absolute atomic E-state index is 12.8. The monoisotopic (exact) mass is 371 g/mol. The summed E-state index contributed by atoms with van der Waals surface area (Å²) in [4.78, 5) is 14.4. The third-order valence-electron chi connectivity index (χ3n) is 5.96. The van der Waals surface area contributed by atoms with Crippen molar-refractivity contribution in [1.29, 1.82) is 0 Å². The van der Waals surface area contributed by atoms with Crippen molar-refractivity contribution in [2.75, 3.05) is 14.2 Å². The topological polar surface area (TPSA) is 65.1 Å². The standard InChI is InChI=1S/C21H26N2O4/c1-25-19-8-14(9-20(12-19)26-2)21(24)22-15-10-16-5-6-17(11-15)23(16)13-18-4-3-7-27-18/h3-4,7-9,12,15-17H,5-6,10-11,13H2,1-2H3,(H,22,24)/p+1/t15?,16-,17+. The summed E-state index contributed by atoms with van der Waals surface area (Å²) in [5.41, 5.74) is 0.573. The first-order valence-electron chi connectivity index (χ1n) is 9.58. The van der Waals surface area contributed by atoms with Gasteiger partial charge < -0.3 is 24.1 Å². The summed E-state index contributed by atoms with van der Waals surface area (Å²) in [5, 5.41) is 3.23. The van der Waals surface area contributed by atoms with E-state index >= 15 is 0 Å². The molecule has 2 saturated heterocycles. The van der Waals surface area contributed by atoms with Crippen LogP contribution < -0.4 is 19.7 Å². The smallest absolute Gasteiger partial charge is 0.251 e. The fraction of sp³-hybridized carbons (Fsp3) is 0.476. The van der Waals surface area contributed by atoms with E-state index in [1.54, 1.807) is 43.6 Å². The maximum atomic E-state index is 12.8. The first-order chi connectivity index (χ1) is 13.2. The first-order valence-corrected chi connectivity index (χ1v) is 9.58. The van der Waals surface area contributed by atoms with Crippen molar-refractivity contribution in [3.05, 3.63) is 47.9 Å². The van der Waals surface area contributed by atoms with Gasteiger partial charge in [-0.15, -0.1) is 0 Å². The lowest BCUT2D eigenvalue weighted by Crippen LogP contribution is -3.17. The minimum Gasteiger partial charge on any atom is -0.497 e. The normalized spacial score (nSPS) is 26.6. The molecule has 6 heteroatoms. The van der Waals surface area contributed by atoms with Crippen LogP contribution in [0, 0.1) is 0 Å². The predicted molar refractivity (Wildman–Crippen MR) is 100 cm³/mol. The van der Waals surface area contributed by atoms with E-state index in [9.17, 15) is 4.79 Å². The van der Waals surface area contributed by atoms with E-state index in [0.717, 1.165) is 25.1 Å². The number of carbonyl (C=O) groups is 1. The fourth-order valence-corrected chi connectivity index (χ4v) is 4.66. The van der Waals surface area contributed by atoms with E-state index in [1.165, 1.54) is 12.8 Å². The van der Waals surface area contributed by atoms with Gasteiger partial charge in [0.1, 0.15) is 18.0 Å². The van der Waals surface area contributed by atoms with Crippen LogP contribution in [-0.2, 0) is 6.54 Å². The molecular weight excluding hydrogens is 344 g/mol. The van der Waals surface area contributed by atoms with Crippen LogP contribution in [0.1, 0.15) is 41.8 Å². The third kappa shape index (κ3) is 3.81. The third-order valence-corrected chi connectivity index (χ3v) is 5.96. The average molecular weight is 371 g/mol. The number of furan rings is 1. The Hall–Kier alpha value is -2.47. The van der Waals surface area contributed by atoms with Crippen LogP contribution in [0.25, 0.3) is 0 Å². The molecule has 1 aromatic carbocycles. The Labute approximate surface area is 159 Å². The van der Waals surface area contributed by atoms with Gasteiger partial charge in [-0.3, -0.25) is 4.79 Å². The molecule has 2 aliphatic heterocycles. The van der Waals surface area contributed by atoms with E-state index < -0.39 is 0 Å². The van der Waals surface area contributed by atoms with E-state index in [1.807, 2.05) is 6.07 Å². The minimum absolute atomic E-state index is 0.0638. The van der Waals surface area contributed by atoms with Gasteiger partial charge in [0.25, 0.3) is 5.91 Å². The number of amides is 1. The van der Waals surface area contributed by atoms with Crippen LogP contribution in [0.5, 0.6) is 11.5 Å². The van der Waals surface area contributed by atoms with Gasteiger partial charge in [-0.1, -0.05) is 0 Å². The van der Waals surface area contributed by atoms with Gasteiger partial charge >= 0.3 is 0 Å². The van der Waals surface area contributed by atoms with Crippen molar-refractivity contribution >= 4 is 5.91 Å². The van der Waals surface area contributed by atoms with Gasteiger partial charge in [0, 0.05) is 43.4 Å². The first kappa shape index (κ1) is 17.9. The maximum Gasteiger partial charge on any atom is 0.251 e. The number of hydrogen-bond donors (Lipinski definition) is 2. The number of hydrogen-bond acceptors (Lipinski definition) is 4. The van der Waals surface area contributed by atoms with Gasteiger partial charge in [0.05, 0.1) is 32.6 Å². The molecule has 0 aliphatic carbocycles. The second kappa shape index (κ2) is 7.64. The number of methoxy groups -OCH3 is 2. The number of piperidine rings is 1. The van der Waals surface area contributed by atoms with E-state index in [-0.39, 0.29) is 11.9 Å². The molecule has 1 amide bonds. The van der Waals surface area contributed by atoms with Gasteiger partial charge in [0.15, 0.2) is 5.76 Å². The Morgan fingerprint density at radius 1 is 1.15 bits per heavy atom. The Morgan fingerprint density at radius 2 is 1.81 bits per heavy atom. The zero-order valence-corrected chi connectivity index (χ0v) is 15.9. The van der Waals surface area contributed by atoms with Crippen LogP contribution in [-0.4, -0.2) is 38.3 Å². The van der Waals surface area contributed by atoms with Gasteiger partial charge in [-0.2, -0.15) is 0 Å². The minimum atomic E-state index is -0.0638. The van der Waals surface area contributed by atoms with Gasteiger partial charge in [0.2, 0.25) is 0 Å². The van der Waals surface area contributed by atoms with Crippen LogP contribution >= 0.6 is 0 Å². The SMILES string of the molecule is COc1cc(OC)cc(C(=O)NC2C[C@H]3CC[C@@H](C2)[NH+]3Cc2ccco2)c1. The predicted octanol–water partition coefficient (Wildman–Crippen LogP) is 1.81. The zero-order chi connectivity index (χ0) is 18.8. The lowest BCUT2D eigenvalue weighted by Gasteiger charge is -2.36. The second-order valence-electron chi connectivity index (χ2n) is 7.55. The van der Waals surface area contributed by atoms with Gasteiger partial charge in [-0.05, 0) is 24.3 Å². The molecule has 27 heavy (non-hydrogen) atoms. The summed E-state index contributed by atoms with van der Waals surface area (Å²) in [6.45, 7) is 0.941.